The number of rotatable bonds is 5. The van der Waals surface area contributed by atoms with Crippen molar-refractivity contribution in [2.45, 2.75) is 18.2 Å². The Morgan fingerprint density at radius 1 is 1.06 bits per heavy atom. The third-order valence-electron chi connectivity index (χ3n) is 5.28. The van der Waals surface area contributed by atoms with Crippen molar-refractivity contribution in [1.82, 2.24) is 4.90 Å². The zero-order chi connectivity index (χ0) is 23.5. The van der Waals surface area contributed by atoms with Gasteiger partial charge in [-0.2, -0.15) is 0 Å². The molecule has 34 heavy (non-hydrogen) atoms. The van der Waals surface area contributed by atoms with Gasteiger partial charge in [0.15, 0.2) is 16.7 Å². The summed E-state index contributed by atoms with van der Waals surface area (Å²) in [6.45, 7) is 0.501. The topological polar surface area (TPSA) is 80.2 Å². The Kier molecular flexibility index (Phi) is 6.55. The van der Waals surface area contributed by atoms with Crippen LogP contribution in [0.25, 0.3) is 0 Å². The fraction of sp³-hybridized carbons (Fsp3) is 0.160. The first kappa shape index (κ1) is 22.5. The summed E-state index contributed by atoms with van der Waals surface area (Å²) >= 11 is 4.70. The number of hydrogen-bond acceptors (Lipinski definition) is 6. The van der Waals surface area contributed by atoms with E-state index in [0.29, 0.717) is 34.6 Å². The molecule has 1 saturated heterocycles. The second kappa shape index (κ2) is 9.90. The molecule has 9 heteroatoms. The molecule has 2 aliphatic rings. The van der Waals surface area contributed by atoms with Crippen LogP contribution in [0.5, 0.6) is 11.5 Å². The minimum absolute atomic E-state index is 0.0723. The van der Waals surface area contributed by atoms with Crippen molar-refractivity contribution in [2.75, 3.05) is 12.1 Å². The standard InChI is InChI=1S/C25H20BrN3O4S/c26-17-5-4-8-19(12-17)27-24(31)22-13-23(30)29(25(34-22)28-18-6-2-1-3-7-18)14-16-9-10-20-21(11-16)33-15-32-20/h1-12,22H,13-15H2,(H,27,31). The second-order valence-electron chi connectivity index (χ2n) is 7.71. The van der Waals surface area contributed by atoms with E-state index in [1.54, 1.807) is 4.90 Å². The average Bonchev–Trinajstić information content (AvgIpc) is 3.30. The number of halogens is 1. The van der Waals surface area contributed by atoms with Crippen molar-refractivity contribution >= 4 is 56.0 Å². The van der Waals surface area contributed by atoms with Crippen LogP contribution >= 0.6 is 27.7 Å². The second-order valence-corrected chi connectivity index (χ2v) is 9.79. The highest BCUT2D eigenvalue weighted by molar-refractivity contribution is 9.10. The summed E-state index contributed by atoms with van der Waals surface area (Å²) in [6, 6.07) is 22.3. The molecule has 3 aromatic carbocycles. The van der Waals surface area contributed by atoms with Gasteiger partial charge in [-0.15, -0.1) is 0 Å². The van der Waals surface area contributed by atoms with Crippen molar-refractivity contribution in [3.63, 3.8) is 0 Å². The quantitative estimate of drug-likeness (QED) is 0.475. The third kappa shape index (κ3) is 5.10. The fourth-order valence-corrected chi connectivity index (χ4v) is 5.12. The minimum Gasteiger partial charge on any atom is -0.454 e. The largest absolute Gasteiger partial charge is 0.454 e. The van der Waals surface area contributed by atoms with Crippen LogP contribution in [0.2, 0.25) is 0 Å². The molecule has 1 unspecified atom stereocenters. The van der Waals surface area contributed by atoms with Crippen LogP contribution in [-0.4, -0.2) is 33.9 Å². The molecule has 172 valence electrons. The van der Waals surface area contributed by atoms with E-state index in [0.717, 1.165) is 10.0 Å². The first-order chi connectivity index (χ1) is 16.5. The monoisotopic (exact) mass is 537 g/mol. The zero-order valence-electron chi connectivity index (χ0n) is 17.9. The summed E-state index contributed by atoms with van der Waals surface area (Å²) in [6.07, 6.45) is 0.0723. The number of aliphatic imine (C=N–C) groups is 1. The lowest BCUT2D eigenvalue weighted by Gasteiger charge is -2.32. The molecule has 1 atom stereocenters. The van der Waals surface area contributed by atoms with Crippen LogP contribution in [0.3, 0.4) is 0 Å². The zero-order valence-corrected chi connectivity index (χ0v) is 20.3. The maximum atomic E-state index is 13.2. The highest BCUT2D eigenvalue weighted by atomic mass is 79.9. The van der Waals surface area contributed by atoms with Crippen molar-refractivity contribution in [3.8, 4) is 11.5 Å². The van der Waals surface area contributed by atoms with Gasteiger partial charge in [0.25, 0.3) is 0 Å². The number of amides is 2. The number of anilines is 1. The van der Waals surface area contributed by atoms with Gasteiger partial charge in [-0.05, 0) is 48.0 Å². The van der Waals surface area contributed by atoms with Gasteiger partial charge in [0.1, 0.15) is 5.25 Å². The number of nitrogens with one attached hydrogen (secondary N) is 1. The molecule has 2 amide bonds. The van der Waals surface area contributed by atoms with E-state index in [4.69, 9.17) is 14.5 Å². The number of amidine groups is 1. The number of hydrogen-bond donors (Lipinski definition) is 1. The third-order valence-corrected chi connectivity index (χ3v) is 6.96. The highest BCUT2D eigenvalue weighted by Crippen LogP contribution is 2.35. The van der Waals surface area contributed by atoms with Gasteiger partial charge in [0, 0.05) is 16.6 Å². The molecular weight excluding hydrogens is 518 g/mol. The fourth-order valence-electron chi connectivity index (χ4n) is 3.62. The number of para-hydroxylation sites is 1. The molecule has 1 N–H and O–H groups in total. The van der Waals surface area contributed by atoms with Gasteiger partial charge in [0.2, 0.25) is 18.6 Å². The Morgan fingerprint density at radius 3 is 2.71 bits per heavy atom. The Labute approximate surface area is 209 Å². The lowest BCUT2D eigenvalue weighted by atomic mass is 10.1. The van der Waals surface area contributed by atoms with Crippen molar-refractivity contribution < 1.29 is 19.1 Å². The molecule has 0 aliphatic carbocycles. The summed E-state index contributed by atoms with van der Waals surface area (Å²) in [5.74, 6) is 0.938. The summed E-state index contributed by atoms with van der Waals surface area (Å²) in [7, 11) is 0. The number of carbonyl (C=O) groups is 2. The summed E-state index contributed by atoms with van der Waals surface area (Å²) in [5.41, 5.74) is 2.26. The van der Waals surface area contributed by atoms with Gasteiger partial charge in [0.05, 0.1) is 12.2 Å². The highest BCUT2D eigenvalue weighted by Gasteiger charge is 2.36. The molecule has 3 aromatic rings. The van der Waals surface area contributed by atoms with Crippen LogP contribution in [0.1, 0.15) is 12.0 Å². The molecule has 0 radical (unpaired) electrons. The normalized spacial score (nSPS) is 18.3. The maximum absolute atomic E-state index is 13.2. The van der Waals surface area contributed by atoms with E-state index in [2.05, 4.69) is 21.2 Å². The summed E-state index contributed by atoms with van der Waals surface area (Å²) in [4.78, 5) is 32.6. The smallest absolute Gasteiger partial charge is 0.238 e. The Bertz CT molecular complexity index is 1270. The van der Waals surface area contributed by atoms with Crippen LogP contribution in [-0.2, 0) is 16.1 Å². The average molecular weight is 538 g/mol. The van der Waals surface area contributed by atoms with Crippen molar-refractivity contribution in [2.24, 2.45) is 4.99 Å². The first-order valence-electron chi connectivity index (χ1n) is 10.6. The molecule has 0 spiro atoms. The Morgan fingerprint density at radius 2 is 1.88 bits per heavy atom. The molecule has 5 rings (SSSR count). The predicted octanol–water partition coefficient (Wildman–Crippen LogP) is 5.34. The molecule has 0 saturated carbocycles. The molecular formula is C25H20BrN3O4S. The van der Waals surface area contributed by atoms with Gasteiger partial charge >= 0.3 is 0 Å². The first-order valence-corrected chi connectivity index (χ1v) is 12.3. The lowest BCUT2D eigenvalue weighted by Crippen LogP contribution is -2.44. The van der Waals surface area contributed by atoms with Crippen LogP contribution in [0, 0.1) is 0 Å². The van der Waals surface area contributed by atoms with Gasteiger partial charge in [-0.3, -0.25) is 14.5 Å². The number of carbonyl (C=O) groups excluding carboxylic acids is 2. The minimum atomic E-state index is -0.595. The number of benzene rings is 3. The van der Waals surface area contributed by atoms with E-state index in [1.165, 1.54) is 11.8 Å². The van der Waals surface area contributed by atoms with E-state index in [9.17, 15) is 9.59 Å². The number of fused-ring (bicyclic) bond motifs is 1. The van der Waals surface area contributed by atoms with Crippen LogP contribution < -0.4 is 14.8 Å². The van der Waals surface area contributed by atoms with E-state index >= 15 is 0 Å². The SMILES string of the molecule is O=C(Nc1cccc(Br)c1)C1CC(=O)N(Cc2ccc3c(c2)OCO3)C(=Nc2ccccc2)S1. The Hall–Kier alpha value is -3.30. The molecule has 0 aromatic heterocycles. The Balaban J connectivity index is 1.40. The van der Waals surface area contributed by atoms with Gasteiger partial charge in [-0.1, -0.05) is 58.0 Å². The number of ether oxygens (including phenoxy) is 2. The maximum Gasteiger partial charge on any atom is 0.238 e. The van der Waals surface area contributed by atoms with E-state index in [-0.39, 0.29) is 25.0 Å². The summed E-state index contributed by atoms with van der Waals surface area (Å²) in [5, 5.41) is 2.79. The van der Waals surface area contributed by atoms with Crippen LogP contribution in [0.4, 0.5) is 11.4 Å². The molecule has 0 bridgehead atoms. The molecule has 7 nitrogen and oxygen atoms in total. The van der Waals surface area contributed by atoms with Crippen molar-refractivity contribution in [3.05, 3.63) is 82.8 Å². The van der Waals surface area contributed by atoms with Gasteiger partial charge in [-0.25, -0.2) is 4.99 Å². The van der Waals surface area contributed by atoms with E-state index in [1.807, 2.05) is 72.8 Å². The molecule has 2 heterocycles. The number of nitrogens with zero attached hydrogens (tertiary/aromatic N) is 2. The number of thioether (sulfide) groups is 1. The van der Waals surface area contributed by atoms with Crippen molar-refractivity contribution in [1.29, 1.82) is 0 Å². The molecule has 1 fully saturated rings. The predicted molar refractivity (Wildman–Crippen MR) is 135 cm³/mol. The molecule has 2 aliphatic heterocycles. The van der Waals surface area contributed by atoms with Gasteiger partial charge < -0.3 is 14.8 Å². The van der Waals surface area contributed by atoms with Crippen LogP contribution in [0.15, 0.2) is 82.3 Å². The van der Waals surface area contributed by atoms with E-state index < -0.39 is 5.25 Å². The summed E-state index contributed by atoms with van der Waals surface area (Å²) < 4.78 is 11.7. The lowest BCUT2D eigenvalue weighted by molar-refractivity contribution is -0.129.